The largest absolute Gasteiger partial charge is 0.294 e. The van der Waals surface area contributed by atoms with E-state index in [2.05, 4.69) is 0 Å². The third kappa shape index (κ3) is 3.32. The average molecular weight is 305 g/mol. The molecule has 0 aromatic heterocycles. The van der Waals surface area contributed by atoms with E-state index < -0.39 is 21.8 Å². The van der Waals surface area contributed by atoms with Crippen molar-refractivity contribution >= 4 is 10.2 Å². The molecule has 0 saturated carbocycles. The molecule has 0 bridgehead atoms. The van der Waals surface area contributed by atoms with Crippen LogP contribution < -0.4 is 5.14 Å². The Hall–Kier alpha value is -1.09. The highest BCUT2D eigenvalue weighted by Crippen LogP contribution is 2.25. The van der Waals surface area contributed by atoms with Crippen molar-refractivity contribution in [1.29, 1.82) is 0 Å². The Bertz CT molecular complexity index is 586. The summed E-state index contributed by atoms with van der Waals surface area (Å²) in [7, 11) is -3.68. The van der Waals surface area contributed by atoms with E-state index in [1.807, 2.05) is 4.90 Å². The second-order valence-electron chi connectivity index (χ2n) is 4.82. The molecule has 1 atom stereocenters. The number of benzene rings is 1. The number of rotatable bonds is 3. The highest BCUT2D eigenvalue weighted by atomic mass is 32.2. The molecule has 0 radical (unpaired) electrons. The molecule has 0 amide bonds. The average Bonchev–Trinajstić information content (AvgIpc) is 2.40. The fraction of sp³-hybridized carbons (Fsp3) is 0.500. The van der Waals surface area contributed by atoms with Gasteiger partial charge < -0.3 is 0 Å². The van der Waals surface area contributed by atoms with Gasteiger partial charge in [-0.15, -0.1) is 0 Å². The lowest BCUT2D eigenvalue weighted by molar-refractivity contribution is 0.143. The van der Waals surface area contributed by atoms with Gasteiger partial charge in [0.15, 0.2) is 0 Å². The molecule has 1 fully saturated rings. The molecule has 0 aliphatic carbocycles. The summed E-state index contributed by atoms with van der Waals surface area (Å²) in [5, 5.41) is 5.06. The molecule has 1 aromatic carbocycles. The Morgan fingerprint density at radius 3 is 2.35 bits per heavy atom. The van der Waals surface area contributed by atoms with Gasteiger partial charge in [0.25, 0.3) is 10.2 Å². The highest BCUT2D eigenvalue weighted by Gasteiger charge is 2.27. The molecular formula is C12H17F2N3O2S. The predicted octanol–water partition coefficient (Wildman–Crippen LogP) is 0.847. The van der Waals surface area contributed by atoms with Gasteiger partial charge in [-0.2, -0.15) is 12.7 Å². The first-order chi connectivity index (χ1) is 9.29. The van der Waals surface area contributed by atoms with Crippen LogP contribution in [0.25, 0.3) is 0 Å². The summed E-state index contributed by atoms with van der Waals surface area (Å²) in [6.45, 7) is 3.12. The topological polar surface area (TPSA) is 66.6 Å². The Kier molecular flexibility index (Phi) is 4.38. The van der Waals surface area contributed by atoms with Crippen LogP contribution in [0.2, 0.25) is 0 Å². The zero-order chi connectivity index (χ0) is 14.9. The van der Waals surface area contributed by atoms with Crippen LogP contribution >= 0.6 is 0 Å². The van der Waals surface area contributed by atoms with Crippen LogP contribution in [0.1, 0.15) is 18.5 Å². The fourth-order valence-corrected chi connectivity index (χ4v) is 3.05. The van der Waals surface area contributed by atoms with Gasteiger partial charge in [-0.1, -0.05) is 0 Å². The molecule has 112 valence electrons. The van der Waals surface area contributed by atoms with E-state index in [1.165, 1.54) is 10.4 Å². The fourth-order valence-electron chi connectivity index (χ4n) is 2.38. The van der Waals surface area contributed by atoms with Crippen LogP contribution in [-0.2, 0) is 10.2 Å². The van der Waals surface area contributed by atoms with Crippen LogP contribution in [-0.4, -0.2) is 43.8 Å². The summed E-state index contributed by atoms with van der Waals surface area (Å²) in [6, 6.07) is 3.02. The van der Waals surface area contributed by atoms with Crippen LogP contribution in [0, 0.1) is 11.6 Å². The van der Waals surface area contributed by atoms with Gasteiger partial charge >= 0.3 is 0 Å². The van der Waals surface area contributed by atoms with Gasteiger partial charge in [-0.05, 0) is 25.1 Å². The van der Waals surface area contributed by atoms with Crippen LogP contribution in [0.5, 0.6) is 0 Å². The maximum atomic E-state index is 13.7. The summed E-state index contributed by atoms with van der Waals surface area (Å²) >= 11 is 0. The molecule has 1 heterocycles. The maximum Gasteiger partial charge on any atom is 0.276 e. The van der Waals surface area contributed by atoms with Crippen molar-refractivity contribution in [3.05, 3.63) is 35.4 Å². The Morgan fingerprint density at radius 1 is 1.20 bits per heavy atom. The summed E-state index contributed by atoms with van der Waals surface area (Å²) in [5.74, 6) is -0.954. The standard InChI is InChI=1S/C12H17F2N3O2S/c1-9(11-8-10(13)2-3-12(11)14)16-4-6-17(7-5-16)20(15,18)19/h2-3,8-9H,4-7H2,1H3,(H2,15,18,19). The number of nitrogens with zero attached hydrogens (tertiary/aromatic N) is 2. The Balaban J connectivity index is 2.09. The highest BCUT2D eigenvalue weighted by molar-refractivity contribution is 7.86. The number of halogens is 2. The smallest absolute Gasteiger partial charge is 0.276 e. The number of nitrogens with two attached hydrogens (primary N) is 1. The second kappa shape index (κ2) is 5.72. The zero-order valence-electron chi connectivity index (χ0n) is 11.1. The van der Waals surface area contributed by atoms with Gasteiger partial charge in [0.05, 0.1) is 0 Å². The van der Waals surface area contributed by atoms with Crippen molar-refractivity contribution in [2.45, 2.75) is 13.0 Å². The molecule has 0 spiro atoms. The van der Waals surface area contributed by atoms with Crippen molar-refractivity contribution in [1.82, 2.24) is 9.21 Å². The van der Waals surface area contributed by atoms with Crippen molar-refractivity contribution in [2.24, 2.45) is 5.14 Å². The van der Waals surface area contributed by atoms with Crippen LogP contribution in [0.15, 0.2) is 18.2 Å². The molecular weight excluding hydrogens is 288 g/mol. The monoisotopic (exact) mass is 305 g/mol. The SMILES string of the molecule is CC(c1cc(F)ccc1F)N1CCN(S(N)(=O)=O)CC1. The summed E-state index contributed by atoms with van der Waals surface area (Å²) in [6.07, 6.45) is 0. The maximum absolute atomic E-state index is 13.7. The molecule has 1 aliphatic heterocycles. The molecule has 2 N–H and O–H groups in total. The minimum absolute atomic E-state index is 0.250. The summed E-state index contributed by atoms with van der Waals surface area (Å²) < 4.78 is 50.5. The van der Waals surface area contributed by atoms with E-state index in [0.29, 0.717) is 13.1 Å². The minimum Gasteiger partial charge on any atom is -0.294 e. The summed E-state index contributed by atoms with van der Waals surface area (Å²) in [4.78, 5) is 1.90. The normalized spacial score (nSPS) is 20.0. The van der Waals surface area contributed by atoms with Crippen LogP contribution in [0.4, 0.5) is 8.78 Å². The Morgan fingerprint density at radius 2 is 1.80 bits per heavy atom. The second-order valence-corrected chi connectivity index (χ2v) is 6.37. The first-order valence-corrected chi connectivity index (χ1v) is 7.76. The quantitative estimate of drug-likeness (QED) is 0.900. The molecule has 5 nitrogen and oxygen atoms in total. The third-order valence-corrected chi connectivity index (χ3v) is 4.67. The molecule has 8 heteroatoms. The Labute approximate surface area is 117 Å². The van der Waals surface area contributed by atoms with Gasteiger partial charge in [-0.25, -0.2) is 13.9 Å². The molecule has 1 aromatic rings. The molecule has 1 unspecified atom stereocenters. The van der Waals surface area contributed by atoms with E-state index >= 15 is 0 Å². The lowest BCUT2D eigenvalue weighted by Gasteiger charge is -2.36. The van der Waals surface area contributed by atoms with Crippen molar-refractivity contribution in [2.75, 3.05) is 26.2 Å². The van der Waals surface area contributed by atoms with Crippen LogP contribution in [0.3, 0.4) is 0 Å². The van der Waals surface area contributed by atoms with Gasteiger partial charge in [0, 0.05) is 37.8 Å². The van der Waals surface area contributed by atoms with Gasteiger partial charge in [0.1, 0.15) is 11.6 Å². The van der Waals surface area contributed by atoms with Gasteiger partial charge in [-0.3, -0.25) is 4.90 Å². The lowest BCUT2D eigenvalue weighted by atomic mass is 10.1. The van der Waals surface area contributed by atoms with E-state index in [1.54, 1.807) is 6.92 Å². The first-order valence-electron chi connectivity index (χ1n) is 6.26. The number of hydrogen-bond acceptors (Lipinski definition) is 3. The summed E-state index contributed by atoms with van der Waals surface area (Å²) in [5.41, 5.74) is 0.272. The van der Waals surface area contributed by atoms with E-state index in [-0.39, 0.29) is 24.7 Å². The van der Waals surface area contributed by atoms with Crippen molar-refractivity contribution in [3.8, 4) is 0 Å². The van der Waals surface area contributed by atoms with Crippen molar-refractivity contribution < 1.29 is 17.2 Å². The molecule has 2 rings (SSSR count). The van der Waals surface area contributed by atoms with E-state index in [4.69, 9.17) is 5.14 Å². The molecule has 1 aliphatic rings. The van der Waals surface area contributed by atoms with E-state index in [0.717, 1.165) is 12.1 Å². The van der Waals surface area contributed by atoms with Gasteiger partial charge in [0.2, 0.25) is 0 Å². The zero-order valence-corrected chi connectivity index (χ0v) is 11.9. The first kappa shape index (κ1) is 15.3. The van der Waals surface area contributed by atoms with Crippen molar-refractivity contribution in [3.63, 3.8) is 0 Å². The number of hydrogen-bond donors (Lipinski definition) is 1. The molecule has 20 heavy (non-hydrogen) atoms. The minimum atomic E-state index is -3.68. The van der Waals surface area contributed by atoms with E-state index in [9.17, 15) is 17.2 Å². The molecule has 1 saturated heterocycles. The predicted molar refractivity (Wildman–Crippen MR) is 71.0 cm³/mol. The third-order valence-electron chi connectivity index (χ3n) is 3.59. The lowest BCUT2D eigenvalue weighted by Crippen LogP contribution is -2.51. The number of piperazine rings is 1.